The molecule has 1 fully saturated rings. The predicted octanol–water partition coefficient (Wildman–Crippen LogP) is 4.09. The number of carbonyl (C=O) groups excluding carboxylic acids is 1. The highest BCUT2D eigenvalue weighted by atomic mass is 35.5. The van der Waals surface area contributed by atoms with E-state index in [1.165, 1.54) is 6.20 Å². The van der Waals surface area contributed by atoms with Crippen molar-refractivity contribution in [1.29, 1.82) is 0 Å². The number of hydrogen-bond donors (Lipinski definition) is 0. The van der Waals surface area contributed by atoms with Crippen molar-refractivity contribution in [2.24, 2.45) is 0 Å². The van der Waals surface area contributed by atoms with Crippen LogP contribution in [0.2, 0.25) is 5.02 Å². The molecule has 0 radical (unpaired) electrons. The summed E-state index contributed by atoms with van der Waals surface area (Å²) >= 11 is 6.28. The monoisotopic (exact) mass is 378 g/mol. The van der Waals surface area contributed by atoms with Crippen molar-refractivity contribution >= 4 is 17.5 Å². The van der Waals surface area contributed by atoms with Gasteiger partial charge in [0.2, 0.25) is 0 Å². The van der Waals surface area contributed by atoms with E-state index in [0.29, 0.717) is 18.7 Å². The average molecular weight is 379 g/mol. The molecule has 1 amide bonds. The minimum atomic E-state index is -0.0936. The van der Waals surface area contributed by atoms with Crippen molar-refractivity contribution in [2.75, 3.05) is 6.54 Å². The lowest BCUT2D eigenvalue weighted by Crippen LogP contribution is -2.31. The Morgan fingerprint density at radius 1 is 1.15 bits per heavy atom. The molecule has 6 heteroatoms. The maximum atomic E-state index is 12.8. The van der Waals surface area contributed by atoms with Crippen LogP contribution in [0.25, 0.3) is 0 Å². The van der Waals surface area contributed by atoms with Gasteiger partial charge in [0, 0.05) is 36.1 Å². The Labute approximate surface area is 163 Å². The molecule has 1 aliphatic heterocycles. The molecule has 0 saturated carbocycles. The van der Waals surface area contributed by atoms with E-state index in [0.717, 1.165) is 34.8 Å². The number of halogens is 1. The average Bonchev–Trinajstić information content (AvgIpc) is 3.20. The van der Waals surface area contributed by atoms with Gasteiger partial charge >= 0.3 is 0 Å². The molecule has 136 valence electrons. The van der Waals surface area contributed by atoms with Crippen LogP contribution in [0.5, 0.6) is 0 Å². The number of carbonyl (C=O) groups is 1. The van der Waals surface area contributed by atoms with E-state index in [1.807, 2.05) is 47.4 Å². The minimum absolute atomic E-state index is 0.0364. The van der Waals surface area contributed by atoms with Gasteiger partial charge in [-0.05, 0) is 36.6 Å². The zero-order valence-corrected chi connectivity index (χ0v) is 15.5. The van der Waals surface area contributed by atoms with Gasteiger partial charge in [0.1, 0.15) is 5.69 Å². The first-order valence-electron chi connectivity index (χ1n) is 8.98. The minimum Gasteiger partial charge on any atom is -0.329 e. The van der Waals surface area contributed by atoms with Crippen molar-refractivity contribution in [3.05, 3.63) is 88.7 Å². The summed E-state index contributed by atoms with van der Waals surface area (Å²) < 4.78 is 0. The van der Waals surface area contributed by atoms with E-state index in [2.05, 4.69) is 9.97 Å². The Hall–Kier alpha value is -2.79. The van der Waals surface area contributed by atoms with Crippen molar-refractivity contribution in [3.63, 3.8) is 0 Å². The fourth-order valence-corrected chi connectivity index (χ4v) is 3.70. The van der Waals surface area contributed by atoms with E-state index >= 15 is 0 Å². The maximum Gasteiger partial charge on any atom is 0.274 e. The summed E-state index contributed by atoms with van der Waals surface area (Å²) in [6.45, 7) is 0.705. The normalized spacial score (nSPS) is 16.5. The summed E-state index contributed by atoms with van der Waals surface area (Å²) in [5.41, 5.74) is 3.27. The van der Waals surface area contributed by atoms with Crippen LogP contribution in [-0.2, 0) is 6.42 Å². The molecule has 4 rings (SSSR count). The topological polar surface area (TPSA) is 59.0 Å². The molecule has 1 aliphatic rings. The summed E-state index contributed by atoms with van der Waals surface area (Å²) in [7, 11) is 0. The van der Waals surface area contributed by atoms with E-state index in [1.54, 1.807) is 12.4 Å². The third-order valence-corrected chi connectivity index (χ3v) is 5.16. The van der Waals surface area contributed by atoms with Gasteiger partial charge in [-0.2, -0.15) is 0 Å². The molecular weight excluding hydrogens is 360 g/mol. The molecule has 5 nitrogen and oxygen atoms in total. The SMILES string of the molecule is O=C(c1cnccn1)N1CCC[C@H]1c1cccc(Cc2ccccc2Cl)n1. The van der Waals surface area contributed by atoms with Crippen LogP contribution >= 0.6 is 11.6 Å². The molecule has 0 N–H and O–H groups in total. The highest BCUT2D eigenvalue weighted by Gasteiger charge is 2.32. The Morgan fingerprint density at radius 3 is 2.85 bits per heavy atom. The van der Waals surface area contributed by atoms with E-state index in [9.17, 15) is 4.79 Å². The van der Waals surface area contributed by atoms with Gasteiger partial charge in [-0.25, -0.2) is 4.98 Å². The lowest BCUT2D eigenvalue weighted by Gasteiger charge is -2.24. The summed E-state index contributed by atoms with van der Waals surface area (Å²) in [6, 6.07) is 13.7. The van der Waals surface area contributed by atoms with Crippen molar-refractivity contribution in [3.8, 4) is 0 Å². The van der Waals surface area contributed by atoms with E-state index in [4.69, 9.17) is 16.6 Å². The van der Waals surface area contributed by atoms with Gasteiger partial charge in [0.25, 0.3) is 5.91 Å². The van der Waals surface area contributed by atoms with Crippen molar-refractivity contribution in [2.45, 2.75) is 25.3 Å². The molecular formula is C21H19ClN4O. The number of nitrogens with zero attached hydrogens (tertiary/aromatic N) is 4. The third-order valence-electron chi connectivity index (χ3n) is 4.80. The number of aromatic nitrogens is 3. The summed E-state index contributed by atoms with van der Waals surface area (Å²) in [5, 5.41) is 0.741. The zero-order chi connectivity index (χ0) is 18.6. The number of likely N-dealkylation sites (tertiary alicyclic amines) is 1. The number of hydrogen-bond acceptors (Lipinski definition) is 4. The van der Waals surface area contributed by atoms with Crippen LogP contribution in [0.4, 0.5) is 0 Å². The Bertz CT molecular complexity index is 948. The van der Waals surface area contributed by atoms with Gasteiger partial charge in [-0.15, -0.1) is 0 Å². The Balaban J connectivity index is 1.57. The largest absolute Gasteiger partial charge is 0.329 e. The van der Waals surface area contributed by atoms with Crippen LogP contribution in [0.3, 0.4) is 0 Å². The fraction of sp³-hybridized carbons (Fsp3) is 0.238. The number of amides is 1. The second kappa shape index (κ2) is 7.84. The second-order valence-corrected chi connectivity index (χ2v) is 6.98. The first kappa shape index (κ1) is 17.6. The van der Waals surface area contributed by atoms with Crippen molar-refractivity contribution < 1.29 is 4.79 Å². The molecule has 3 heterocycles. The maximum absolute atomic E-state index is 12.8. The van der Waals surface area contributed by atoms with Crippen LogP contribution in [0, 0.1) is 0 Å². The molecule has 1 aromatic carbocycles. The van der Waals surface area contributed by atoms with Crippen molar-refractivity contribution in [1.82, 2.24) is 19.9 Å². The Kier molecular flexibility index (Phi) is 5.12. The van der Waals surface area contributed by atoms with Gasteiger partial charge in [0.05, 0.1) is 17.9 Å². The van der Waals surface area contributed by atoms with Gasteiger partial charge in [-0.1, -0.05) is 35.9 Å². The first-order chi connectivity index (χ1) is 13.2. The van der Waals surface area contributed by atoms with E-state index < -0.39 is 0 Å². The number of rotatable bonds is 4. The highest BCUT2D eigenvalue weighted by molar-refractivity contribution is 6.31. The second-order valence-electron chi connectivity index (χ2n) is 6.57. The first-order valence-corrected chi connectivity index (χ1v) is 9.36. The van der Waals surface area contributed by atoms with Gasteiger partial charge in [0.15, 0.2) is 0 Å². The molecule has 0 unspecified atom stereocenters. The quantitative estimate of drug-likeness (QED) is 0.686. The van der Waals surface area contributed by atoms with Gasteiger partial charge in [-0.3, -0.25) is 14.8 Å². The zero-order valence-electron chi connectivity index (χ0n) is 14.8. The number of benzene rings is 1. The summed E-state index contributed by atoms with van der Waals surface area (Å²) in [4.78, 5) is 27.7. The fourth-order valence-electron chi connectivity index (χ4n) is 3.49. The van der Waals surface area contributed by atoms with Crippen LogP contribution in [0.1, 0.15) is 46.3 Å². The lowest BCUT2D eigenvalue weighted by atomic mass is 10.1. The molecule has 27 heavy (non-hydrogen) atoms. The predicted molar refractivity (Wildman–Crippen MR) is 104 cm³/mol. The van der Waals surface area contributed by atoms with Crippen LogP contribution in [-0.4, -0.2) is 32.3 Å². The van der Waals surface area contributed by atoms with E-state index in [-0.39, 0.29) is 11.9 Å². The summed E-state index contributed by atoms with van der Waals surface area (Å²) in [5.74, 6) is -0.0936. The summed E-state index contributed by atoms with van der Waals surface area (Å²) in [6.07, 6.45) is 7.14. The highest BCUT2D eigenvalue weighted by Crippen LogP contribution is 2.32. The lowest BCUT2D eigenvalue weighted by molar-refractivity contribution is 0.0726. The molecule has 0 aliphatic carbocycles. The van der Waals surface area contributed by atoms with Crippen LogP contribution in [0.15, 0.2) is 61.1 Å². The smallest absolute Gasteiger partial charge is 0.274 e. The van der Waals surface area contributed by atoms with Gasteiger partial charge < -0.3 is 4.90 Å². The molecule has 2 aromatic heterocycles. The number of pyridine rings is 1. The molecule has 0 bridgehead atoms. The Morgan fingerprint density at radius 2 is 2.04 bits per heavy atom. The van der Waals surface area contributed by atoms with Crippen LogP contribution < -0.4 is 0 Å². The molecule has 0 spiro atoms. The third kappa shape index (κ3) is 3.83. The molecule has 1 atom stereocenters. The molecule has 1 saturated heterocycles. The standard InChI is InChI=1S/C21H19ClN4O/c22-17-7-2-1-5-15(17)13-16-6-3-8-18(25-16)20-9-4-12-26(20)21(27)19-14-23-10-11-24-19/h1-3,5-8,10-11,14,20H,4,9,12-13H2/t20-/m0/s1. The molecule has 3 aromatic rings.